The van der Waals surface area contributed by atoms with Crippen LogP contribution in [0.3, 0.4) is 0 Å². The van der Waals surface area contributed by atoms with Crippen LogP contribution < -0.4 is 0 Å². The molecule has 0 heterocycles. The molecule has 0 aliphatic carbocycles. The molecule has 0 aliphatic rings. The first-order valence-corrected chi connectivity index (χ1v) is 6.32. The van der Waals surface area contributed by atoms with E-state index in [0.717, 1.165) is 51.7 Å². The van der Waals surface area contributed by atoms with Crippen molar-refractivity contribution in [3.63, 3.8) is 0 Å². The molecule has 16 heavy (non-hydrogen) atoms. The van der Waals surface area contributed by atoms with Gasteiger partial charge in [0.05, 0.1) is 5.41 Å². The van der Waals surface area contributed by atoms with Crippen molar-refractivity contribution in [2.75, 3.05) is 13.2 Å². The first kappa shape index (κ1) is 15.4. The van der Waals surface area contributed by atoms with E-state index in [9.17, 15) is 4.79 Å². The second-order valence-corrected chi connectivity index (χ2v) is 4.97. The van der Waals surface area contributed by atoms with E-state index in [1.54, 1.807) is 13.8 Å². The van der Waals surface area contributed by atoms with Crippen LogP contribution in [-0.4, -0.2) is 24.3 Å². The van der Waals surface area contributed by atoms with Gasteiger partial charge >= 0.3 is 5.97 Å². The number of unbranched alkanes of at least 4 members (excludes halogenated alkanes) is 3. The van der Waals surface area contributed by atoms with Crippen molar-refractivity contribution < 1.29 is 14.6 Å². The molecule has 0 bridgehead atoms. The molecule has 3 nitrogen and oxygen atoms in total. The Morgan fingerprint density at radius 1 is 1.12 bits per heavy atom. The van der Waals surface area contributed by atoms with Crippen molar-refractivity contribution in [3.8, 4) is 0 Å². The van der Waals surface area contributed by atoms with Crippen molar-refractivity contribution in [3.05, 3.63) is 0 Å². The molecule has 0 radical (unpaired) electrons. The highest BCUT2D eigenvalue weighted by Gasteiger charge is 2.25. The Morgan fingerprint density at radius 2 is 1.75 bits per heavy atom. The molecule has 0 saturated heterocycles. The molecule has 0 rings (SSSR count). The highest BCUT2D eigenvalue weighted by molar-refractivity contribution is 5.73. The number of ether oxygens (including phenoxy) is 1. The maximum absolute atomic E-state index is 10.8. The fourth-order valence-corrected chi connectivity index (χ4v) is 1.48. The van der Waals surface area contributed by atoms with Crippen LogP contribution in [0, 0.1) is 5.41 Å². The summed E-state index contributed by atoms with van der Waals surface area (Å²) in [6, 6.07) is 0. The Kier molecular flexibility index (Phi) is 8.26. The van der Waals surface area contributed by atoms with E-state index >= 15 is 0 Å². The molecule has 0 unspecified atom stereocenters. The van der Waals surface area contributed by atoms with Gasteiger partial charge in [0.25, 0.3) is 0 Å². The van der Waals surface area contributed by atoms with Crippen LogP contribution in [0.4, 0.5) is 0 Å². The van der Waals surface area contributed by atoms with E-state index in [0.29, 0.717) is 0 Å². The smallest absolute Gasteiger partial charge is 0.309 e. The molecule has 0 amide bonds. The average molecular weight is 230 g/mol. The predicted molar refractivity (Wildman–Crippen MR) is 65.6 cm³/mol. The van der Waals surface area contributed by atoms with Gasteiger partial charge in [-0.3, -0.25) is 4.79 Å². The van der Waals surface area contributed by atoms with Crippen LogP contribution in [0.25, 0.3) is 0 Å². The molecule has 1 N–H and O–H groups in total. The van der Waals surface area contributed by atoms with E-state index in [2.05, 4.69) is 6.92 Å². The molecule has 0 spiro atoms. The van der Waals surface area contributed by atoms with Crippen molar-refractivity contribution in [1.82, 2.24) is 0 Å². The van der Waals surface area contributed by atoms with Gasteiger partial charge in [-0.1, -0.05) is 26.2 Å². The Hall–Kier alpha value is -0.570. The van der Waals surface area contributed by atoms with Gasteiger partial charge in [0.15, 0.2) is 0 Å². The van der Waals surface area contributed by atoms with Gasteiger partial charge in [0.1, 0.15) is 0 Å². The number of aliphatic carboxylic acids is 1. The highest BCUT2D eigenvalue weighted by Crippen LogP contribution is 2.23. The number of carbonyl (C=O) groups is 1. The third-order valence-electron chi connectivity index (χ3n) is 2.77. The van der Waals surface area contributed by atoms with E-state index in [1.165, 1.54) is 0 Å². The fourth-order valence-electron chi connectivity index (χ4n) is 1.48. The Bertz CT molecular complexity index is 188. The molecule has 0 aromatic carbocycles. The maximum Gasteiger partial charge on any atom is 0.309 e. The predicted octanol–water partition coefficient (Wildman–Crippen LogP) is 3.47. The molecule has 0 fully saturated rings. The maximum atomic E-state index is 10.8. The minimum Gasteiger partial charge on any atom is -0.481 e. The summed E-state index contributed by atoms with van der Waals surface area (Å²) in [4.78, 5) is 10.8. The quantitative estimate of drug-likeness (QED) is 0.584. The second kappa shape index (κ2) is 8.57. The summed E-state index contributed by atoms with van der Waals surface area (Å²) in [5.74, 6) is -0.696. The van der Waals surface area contributed by atoms with Crippen molar-refractivity contribution >= 4 is 5.97 Å². The second-order valence-electron chi connectivity index (χ2n) is 4.97. The number of carboxylic acids is 1. The zero-order valence-corrected chi connectivity index (χ0v) is 10.9. The average Bonchev–Trinajstić information content (AvgIpc) is 2.21. The minimum atomic E-state index is -0.696. The van der Waals surface area contributed by atoms with E-state index in [4.69, 9.17) is 9.84 Å². The van der Waals surface area contributed by atoms with Crippen LogP contribution in [-0.2, 0) is 9.53 Å². The molecule has 0 saturated carbocycles. The lowest BCUT2D eigenvalue weighted by molar-refractivity contribution is -0.147. The van der Waals surface area contributed by atoms with E-state index in [-0.39, 0.29) is 0 Å². The van der Waals surface area contributed by atoms with E-state index in [1.807, 2.05) is 0 Å². The third kappa shape index (κ3) is 7.69. The monoisotopic (exact) mass is 230 g/mol. The first-order valence-electron chi connectivity index (χ1n) is 6.32. The topological polar surface area (TPSA) is 46.5 Å². The Balaban J connectivity index is 3.30. The summed E-state index contributed by atoms with van der Waals surface area (Å²) in [5, 5.41) is 8.92. The lowest BCUT2D eigenvalue weighted by Crippen LogP contribution is -2.23. The van der Waals surface area contributed by atoms with Gasteiger partial charge in [-0.2, -0.15) is 0 Å². The number of rotatable bonds is 10. The largest absolute Gasteiger partial charge is 0.481 e. The Morgan fingerprint density at radius 3 is 2.31 bits per heavy atom. The molecular weight excluding hydrogens is 204 g/mol. The number of carboxylic acid groups (broad SMARTS) is 1. The van der Waals surface area contributed by atoms with E-state index < -0.39 is 11.4 Å². The third-order valence-corrected chi connectivity index (χ3v) is 2.77. The lowest BCUT2D eigenvalue weighted by atomic mass is 9.87. The number of hydrogen-bond acceptors (Lipinski definition) is 2. The lowest BCUT2D eigenvalue weighted by Gasteiger charge is -2.18. The molecule has 96 valence electrons. The molecule has 0 aromatic rings. The van der Waals surface area contributed by atoms with Gasteiger partial charge < -0.3 is 9.84 Å². The van der Waals surface area contributed by atoms with Crippen molar-refractivity contribution in [1.29, 1.82) is 0 Å². The van der Waals surface area contributed by atoms with Crippen LogP contribution in [0.1, 0.15) is 59.3 Å². The highest BCUT2D eigenvalue weighted by atomic mass is 16.5. The van der Waals surface area contributed by atoms with Crippen LogP contribution in [0.2, 0.25) is 0 Å². The van der Waals surface area contributed by atoms with Crippen LogP contribution in [0.5, 0.6) is 0 Å². The summed E-state index contributed by atoms with van der Waals surface area (Å²) in [5.41, 5.74) is -0.571. The normalized spacial score (nSPS) is 11.7. The van der Waals surface area contributed by atoms with Gasteiger partial charge in [-0.05, 0) is 33.1 Å². The van der Waals surface area contributed by atoms with Gasteiger partial charge in [0.2, 0.25) is 0 Å². The minimum absolute atomic E-state index is 0.571. The summed E-state index contributed by atoms with van der Waals surface area (Å²) < 4.78 is 5.37. The van der Waals surface area contributed by atoms with Crippen molar-refractivity contribution in [2.24, 2.45) is 5.41 Å². The molecular formula is C13H26O3. The fraction of sp³-hybridized carbons (Fsp3) is 0.923. The SMILES string of the molecule is CCCOCCCCCCC(C)(C)C(=O)O. The van der Waals surface area contributed by atoms with Crippen molar-refractivity contribution in [2.45, 2.75) is 59.3 Å². The summed E-state index contributed by atoms with van der Waals surface area (Å²) in [7, 11) is 0. The summed E-state index contributed by atoms with van der Waals surface area (Å²) in [6.07, 6.45) is 6.16. The molecule has 0 aliphatic heterocycles. The standard InChI is InChI=1S/C13H26O3/c1-4-10-16-11-8-6-5-7-9-13(2,3)12(14)15/h4-11H2,1-3H3,(H,14,15). The summed E-state index contributed by atoms with van der Waals surface area (Å²) >= 11 is 0. The zero-order chi connectivity index (χ0) is 12.4. The Labute approximate surface area is 99.2 Å². The number of hydrogen-bond donors (Lipinski definition) is 1. The molecule has 0 aromatic heterocycles. The van der Waals surface area contributed by atoms with Crippen LogP contribution >= 0.6 is 0 Å². The molecule has 0 atom stereocenters. The van der Waals surface area contributed by atoms with Crippen LogP contribution in [0.15, 0.2) is 0 Å². The summed E-state index contributed by atoms with van der Waals surface area (Å²) in [6.45, 7) is 7.38. The zero-order valence-electron chi connectivity index (χ0n) is 10.9. The van der Waals surface area contributed by atoms with Gasteiger partial charge in [-0.15, -0.1) is 0 Å². The van der Waals surface area contributed by atoms with Gasteiger partial charge in [0, 0.05) is 13.2 Å². The molecule has 3 heteroatoms. The van der Waals surface area contributed by atoms with Gasteiger partial charge in [-0.25, -0.2) is 0 Å². The first-order chi connectivity index (χ1) is 7.50.